The zero-order chi connectivity index (χ0) is 9.64. The van der Waals surface area contributed by atoms with Gasteiger partial charge in [-0.15, -0.1) is 0 Å². The van der Waals surface area contributed by atoms with E-state index in [1.807, 2.05) is 0 Å². The number of rotatable bonds is 3. The molecule has 2 heterocycles. The van der Waals surface area contributed by atoms with Gasteiger partial charge >= 0.3 is 0 Å². The van der Waals surface area contributed by atoms with E-state index in [1.54, 1.807) is 0 Å². The van der Waals surface area contributed by atoms with Crippen LogP contribution in [-0.2, 0) is 4.74 Å². The molecule has 0 amide bonds. The summed E-state index contributed by atoms with van der Waals surface area (Å²) < 4.78 is 5.34. The topological polar surface area (TPSA) is 24.5 Å². The predicted octanol–water partition coefficient (Wildman–Crippen LogP) is 0.708. The van der Waals surface area contributed by atoms with Crippen molar-refractivity contribution in [3.8, 4) is 0 Å². The molecule has 0 aromatic heterocycles. The highest BCUT2D eigenvalue weighted by Gasteiger charge is 2.15. The van der Waals surface area contributed by atoms with Crippen molar-refractivity contribution in [2.24, 2.45) is 5.92 Å². The molecule has 2 saturated heterocycles. The molecule has 0 unspecified atom stereocenters. The molecule has 2 fully saturated rings. The van der Waals surface area contributed by atoms with E-state index in [4.69, 9.17) is 4.74 Å². The Kier molecular flexibility index (Phi) is 4.22. The zero-order valence-electron chi connectivity index (χ0n) is 9.00. The van der Waals surface area contributed by atoms with Gasteiger partial charge in [-0.05, 0) is 44.8 Å². The van der Waals surface area contributed by atoms with Gasteiger partial charge in [-0.25, -0.2) is 0 Å². The summed E-state index contributed by atoms with van der Waals surface area (Å²) in [5, 5.41) is 3.48. The largest absolute Gasteiger partial charge is 0.379 e. The molecule has 3 heteroatoms. The second kappa shape index (κ2) is 5.69. The third kappa shape index (κ3) is 3.23. The van der Waals surface area contributed by atoms with Crippen molar-refractivity contribution in [1.29, 1.82) is 0 Å². The third-order valence-corrected chi connectivity index (χ3v) is 3.36. The van der Waals surface area contributed by atoms with Gasteiger partial charge < -0.3 is 10.1 Å². The minimum atomic E-state index is 0.923. The van der Waals surface area contributed by atoms with Crippen LogP contribution in [0.1, 0.15) is 19.3 Å². The van der Waals surface area contributed by atoms with E-state index >= 15 is 0 Å². The summed E-state index contributed by atoms with van der Waals surface area (Å²) in [6, 6.07) is 0. The van der Waals surface area contributed by atoms with Crippen LogP contribution in [0.15, 0.2) is 0 Å². The molecule has 0 spiro atoms. The first-order valence-corrected chi connectivity index (χ1v) is 5.96. The number of piperidine rings is 1. The monoisotopic (exact) mass is 198 g/mol. The maximum Gasteiger partial charge on any atom is 0.0594 e. The lowest BCUT2D eigenvalue weighted by Crippen LogP contribution is -2.39. The molecule has 0 radical (unpaired) electrons. The minimum Gasteiger partial charge on any atom is -0.379 e. The Morgan fingerprint density at radius 3 is 2.86 bits per heavy atom. The van der Waals surface area contributed by atoms with Crippen LogP contribution in [0, 0.1) is 5.92 Å². The molecular formula is C11H22N2O. The van der Waals surface area contributed by atoms with Crippen LogP contribution in [0.3, 0.4) is 0 Å². The molecule has 3 nitrogen and oxygen atoms in total. The zero-order valence-corrected chi connectivity index (χ0v) is 9.00. The summed E-state index contributed by atoms with van der Waals surface area (Å²) in [6.45, 7) is 7.89. The second-order valence-electron chi connectivity index (χ2n) is 4.46. The average Bonchev–Trinajstić information content (AvgIpc) is 2.29. The van der Waals surface area contributed by atoms with Gasteiger partial charge in [0.05, 0.1) is 13.2 Å². The summed E-state index contributed by atoms with van der Waals surface area (Å²) in [6.07, 6.45) is 4.16. The standard InChI is InChI=1S/C11H22N2O/c1-2-11(10-12-4-1)3-5-13-6-8-14-9-7-13/h11-12H,1-10H2/t11-/m1/s1. The molecule has 2 rings (SSSR count). The number of ether oxygens (including phenoxy) is 1. The average molecular weight is 198 g/mol. The van der Waals surface area contributed by atoms with Crippen LogP contribution in [0.2, 0.25) is 0 Å². The van der Waals surface area contributed by atoms with Crippen molar-refractivity contribution in [3.05, 3.63) is 0 Å². The predicted molar refractivity (Wildman–Crippen MR) is 57.5 cm³/mol. The highest BCUT2D eigenvalue weighted by Crippen LogP contribution is 2.14. The third-order valence-electron chi connectivity index (χ3n) is 3.36. The quantitative estimate of drug-likeness (QED) is 0.723. The molecule has 2 aliphatic heterocycles. The second-order valence-corrected chi connectivity index (χ2v) is 4.46. The van der Waals surface area contributed by atoms with E-state index in [1.165, 1.54) is 38.9 Å². The molecule has 1 N–H and O–H groups in total. The Morgan fingerprint density at radius 2 is 2.14 bits per heavy atom. The molecule has 2 aliphatic rings. The molecule has 0 aromatic carbocycles. The summed E-state index contributed by atoms with van der Waals surface area (Å²) in [7, 11) is 0. The smallest absolute Gasteiger partial charge is 0.0594 e. The van der Waals surface area contributed by atoms with Gasteiger partial charge in [0.25, 0.3) is 0 Å². The number of morpholine rings is 1. The normalized spacial score (nSPS) is 30.4. The lowest BCUT2D eigenvalue weighted by atomic mass is 9.96. The van der Waals surface area contributed by atoms with Gasteiger partial charge in [0, 0.05) is 13.1 Å². The number of hydrogen-bond acceptors (Lipinski definition) is 3. The van der Waals surface area contributed by atoms with E-state index in [9.17, 15) is 0 Å². The van der Waals surface area contributed by atoms with Crippen molar-refractivity contribution >= 4 is 0 Å². The first-order valence-electron chi connectivity index (χ1n) is 5.96. The van der Waals surface area contributed by atoms with Gasteiger partial charge in [-0.1, -0.05) is 0 Å². The van der Waals surface area contributed by atoms with E-state index in [2.05, 4.69) is 10.2 Å². The molecule has 0 saturated carbocycles. The number of nitrogens with one attached hydrogen (secondary N) is 1. The van der Waals surface area contributed by atoms with Crippen LogP contribution < -0.4 is 5.32 Å². The van der Waals surface area contributed by atoms with Crippen LogP contribution >= 0.6 is 0 Å². The maximum absolute atomic E-state index is 5.34. The summed E-state index contributed by atoms with van der Waals surface area (Å²) in [5.41, 5.74) is 0. The van der Waals surface area contributed by atoms with E-state index in [0.29, 0.717) is 0 Å². The summed E-state index contributed by atoms with van der Waals surface area (Å²) in [5.74, 6) is 0.923. The Balaban J connectivity index is 1.60. The van der Waals surface area contributed by atoms with E-state index in [0.717, 1.165) is 32.2 Å². The summed E-state index contributed by atoms with van der Waals surface area (Å²) in [4.78, 5) is 2.54. The molecule has 82 valence electrons. The van der Waals surface area contributed by atoms with Crippen molar-refractivity contribution in [1.82, 2.24) is 10.2 Å². The minimum absolute atomic E-state index is 0.923. The lowest BCUT2D eigenvalue weighted by molar-refractivity contribution is 0.0349. The van der Waals surface area contributed by atoms with Crippen LogP contribution in [0.5, 0.6) is 0 Å². The fourth-order valence-corrected chi connectivity index (χ4v) is 2.36. The van der Waals surface area contributed by atoms with Crippen molar-refractivity contribution < 1.29 is 4.74 Å². The molecule has 0 aromatic rings. The Labute approximate surface area is 86.8 Å². The van der Waals surface area contributed by atoms with E-state index < -0.39 is 0 Å². The first-order chi connectivity index (χ1) is 6.95. The number of nitrogens with zero attached hydrogens (tertiary/aromatic N) is 1. The maximum atomic E-state index is 5.34. The van der Waals surface area contributed by atoms with Crippen molar-refractivity contribution in [2.45, 2.75) is 19.3 Å². The highest BCUT2D eigenvalue weighted by molar-refractivity contribution is 4.71. The van der Waals surface area contributed by atoms with Gasteiger partial charge in [0.2, 0.25) is 0 Å². The van der Waals surface area contributed by atoms with Gasteiger partial charge in [0.15, 0.2) is 0 Å². The molecule has 0 aliphatic carbocycles. The summed E-state index contributed by atoms with van der Waals surface area (Å²) >= 11 is 0. The Hall–Kier alpha value is -0.120. The number of hydrogen-bond donors (Lipinski definition) is 1. The van der Waals surface area contributed by atoms with Crippen molar-refractivity contribution in [2.75, 3.05) is 45.9 Å². The van der Waals surface area contributed by atoms with E-state index in [-0.39, 0.29) is 0 Å². The highest BCUT2D eigenvalue weighted by atomic mass is 16.5. The van der Waals surface area contributed by atoms with Gasteiger partial charge in [-0.2, -0.15) is 0 Å². The van der Waals surface area contributed by atoms with Crippen LogP contribution in [0.25, 0.3) is 0 Å². The van der Waals surface area contributed by atoms with Crippen LogP contribution in [-0.4, -0.2) is 50.8 Å². The molecule has 0 bridgehead atoms. The Bertz CT molecular complexity index is 133. The lowest BCUT2D eigenvalue weighted by Gasteiger charge is -2.29. The van der Waals surface area contributed by atoms with Gasteiger partial charge in [-0.3, -0.25) is 4.90 Å². The molecule has 1 atom stereocenters. The SMILES string of the molecule is C1CNC[C@@H](CCN2CCOCC2)C1. The Morgan fingerprint density at radius 1 is 1.29 bits per heavy atom. The van der Waals surface area contributed by atoms with Crippen LogP contribution in [0.4, 0.5) is 0 Å². The van der Waals surface area contributed by atoms with Gasteiger partial charge in [0.1, 0.15) is 0 Å². The fraction of sp³-hybridized carbons (Fsp3) is 1.00. The fourth-order valence-electron chi connectivity index (χ4n) is 2.36. The molecular weight excluding hydrogens is 176 g/mol. The first kappa shape index (κ1) is 10.4. The van der Waals surface area contributed by atoms with Crippen molar-refractivity contribution in [3.63, 3.8) is 0 Å². The molecule has 14 heavy (non-hydrogen) atoms.